The Kier molecular flexibility index (Phi) is 3.47. The van der Waals surface area contributed by atoms with Gasteiger partial charge in [-0.15, -0.1) is 11.3 Å². The highest BCUT2D eigenvalue weighted by Gasteiger charge is 2.29. The van der Waals surface area contributed by atoms with Gasteiger partial charge in [0.1, 0.15) is 11.5 Å². The SMILES string of the molecule is CCNc1nc(-c2cscn2)nc(C2CC2)c1I. The van der Waals surface area contributed by atoms with Gasteiger partial charge in [-0.2, -0.15) is 0 Å². The molecular formula is C12H13IN4S. The number of nitrogens with zero attached hydrogens (tertiary/aromatic N) is 3. The van der Waals surface area contributed by atoms with Crippen LogP contribution in [0.25, 0.3) is 11.5 Å². The lowest BCUT2D eigenvalue weighted by Gasteiger charge is -2.10. The lowest BCUT2D eigenvalue weighted by atomic mass is 10.2. The molecule has 0 aliphatic heterocycles. The summed E-state index contributed by atoms with van der Waals surface area (Å²) in [4.78, 5) is 13.6. The molecule has 2 heterocycles. The molecule has 0 spiro atoms. The Hall–Kier alpha value is -0.760. The number of hydrogen-bond acceptors (Lipinski definition) is 5. The number of anilines is 1. The Morgan fingerprint density at radius 3 is 2.89 bits per heavy atom. The van der Waals surface area contributed by atoms with Crippen molar-refractivity contribution in [1.29, 1.82) is 0 Å². The van der Waals surface area contributed by atoms with Crippen molar-refractivity contribution in [3.8, 4) is 11.5 Å². The van der Waals surface area contributed by atoms with Crippen LogP contribution in [0.3, 0.4) is 0 Å². The van der Waals surface area contributed by atoms with Gasteiger partial charge in [-0.25, -0.2) is 15.0 Å². The Balaban J connectivity index is 2.09. The van der Waals surface area contributed by atoms with Gasteiger partial charge in [0.15, 0.2) is 5.82 Å². The van der Waals surface area contributed by atoms with Crippen molar-refractivity contribution in [2.24, 2.45) is 0 Å². The molecule has 94 valence electrons. The van der Waals surface area contributed by atoms with Crippen LogP contribution < -0.4 is 5.32 Å². The second-order valence-corrected chi connectivity index (χ2v) is 6.07. The molecule has 18 heavy (non-hydrogen) atoms. The maximum atomic E-state index is 4.71. The van der Waals surface area contributed by atoms with Crippen molar-refractivity contribution in [2.75, 3.05) is 11.9 Å². The van der Waals surface area contributed by atoms with Gasteiger partial charge in [0.25, 0.3) is 0 Å². The minimum Gasteiger partial charge on any atom is -0.369 e. The monoisotopic (exact) mass is 372 g/mol. The molecule has 1 saturated carbocycles. The van der Waals surface area contributed by atoms with Crippen LogP contribution in [0.15, 0.2) is 10.9 Å². The highest BCUT2D eigenvalue weighted by molar-refractivity contribution is 14.1. The maximum Gasteiger partial charge on any atom is 0.181 e. The summed E-state index contributed by atoms with van der Waals surface area (Å²) in [6.45, 7) is 2.95. The Labute approximate surface area is 123 Å². The van der Waals surface area contributed by atoms with Crippen LogP contribution in [0.1, 0.15) is 31.4 Å². The first-order valence-electron chi connectivity index (χ1n) is 5.99. The third kappa shape index (κ3) is 2.35. The molecule has 0 bridgehead atoms. The van der Waals surface area contributed by atoms with E-state index in [4.69, 9.17) is 4.98 Å². The zero-order chi connectivity index (χ0) is 12.5. The van der Waals surface area contributed by atoms with E-state index in [0.717, 1.165) is 27.5 Å². The molecule has 1 N–H and O–H groups in total. The lowest BCUT2D eigenvalue weighted by Crippen LogP contribution is -2.07. The second kappa shape index (κ2) is 5.08. The van der Waals surface area contributed by atoms with E-state index in [9.17, 15) is 0 Å². The van der Waals surface area contributed by atoms with Crippen LogP contribution in [0.4, 0.5) is 5.82 Å². The van der Waals surface area contributed by atoms with Gasteiger partial charge in [-0.05, 0) is 42.4 Å². The van der Waals surface area contributed by atoms with Crippen LogP contribution in [0, 0.1) is 3.57 Å². The van der Waals surface area contributed by atoms with Gasteiger partial charge < -0.3 is 5.32 Å². The van der Waals surface area contributed by atoms with Gasteiger partial charge in [0.2, 0.25) is 0 Å². The summed E-state index contributed by atoms with van der Waals surface area (Å²) in [5.41, 5.74) is 3.88. The van der Waals surface area contributed by atoms with Gasteiger partial charge in [0.05, 0.1) is 14.8 Å². The van der Waals surface area contributed by atoms with E-state index in [1.165, 1.54) is 18.5 Å². The van der Waals surface area contributed by atoms with Crippen LogP contribution in [0.2, 0.25) is 0 Å². The first-order chi connectivity index (χ1) is 8.79. The maximum absolute atomic E-state index is 4.71. The van der Waals surface area contributed by atoms with E-state index in [2.05, 4.69) is 44.8 Å². The highest BCUT2D eigenvalue weighted by Crippen LogP contribution is 2.42. The fourth-order valence-electron chi connectivity index (χ4n) is 1.81. The van der Waals surface area contributed by atoms with E-state index in [-0.39, 0.29) is 0 Å². The molecule has 2 aromatic heterocycles. The molecule has 0 amide bonds. The van der Waals surface area contributed by atoms with E-state index in [1.54, 1.807) is 11.3 Å². The van der Waals surface area contributed by atoms with Crippen LogP contribution in [-0.2, 0) is 0 Å². The third-order valence-corrected chi connectivity index (χ3v) is 4.50. The predicted molar refractivity (Wildman–Crippen MR) is 82.0 cm³/mol. The van der Waals surface area contributed by atoms with Gasteiger partial charge in [0, 0.05) is 17.8 Å². The smallest absolute Gasteiger partial charge is 0.181 e. The molecule has 0 aromatic carbocycles. The zero-order valence-corrected chi connectivity index (χ0v) is 13.0. The fraction of sp³-hybridized carbons (Fsp3) is 0.417. The molecule has 0 saturated heterocycles. The topological polar surface area (TPSA) is 50.7 Å². The number of halogens is 1. The molecule has 1 aliphatic rings. The molecule has 0 unspecified atom stereocenters. The highest BCUT2D eigenvalue weighted by atomic mass is 127. The number of thiazole rings is 1. The minimum absolute atomic E-state index is 0.620. The lowest BCUT2D eigenvalue weighted by molar-refractivity contribution is 0.968. The van der Waals surface area contributed by atoms with Crippen molar-refractivity contribution in [2.45, 2.75) is 25.7 Å². The Bertz CT molecular complexity index is 551. The van der Waals surface area contributed by atoms with E-state index >= 15 is 0 Å². The predicted octanol–water partition coefficient (Wildman–Crippen LogP) is 3.51. The van der Waals surface area contributed by atoms with Crippen molar-refractivity contribution >= 4 is 39.7 Å². The van der Waals surface area contributed by atoms with Gasteiger partial charge in [-0.1, -0.05) is 0 Å². The molecule has 3 rings (SSSR count). The molecule has 0 atom stereocenters. The molecule has 1 aliphatic carbocycles. The number of aromatic nitrogens is 3. The number of hydrogen-bond donors (Lipinski definition) is 1. The molecular weight excluding hydrogens is 359 g/mol. The number of nitrogens with one attached hydrogen (secondary N) is 1. The largest absolute Gasteiger partial charge is 0.369 e. The second-order valence-electron chi connectivity index (χ2n) is 4.27. The summed E-state index contributed by atoms with van der Waals surface area (Å²) >= 11 is 3.92. The first-order valence-corrected chi connectivity index (χ1v) is 8.01. The fourth-order valence-corrected chi connectivity index (χ4v) is 3.22. The summed E-state index contributed by atoms with van der Waals surface area (Å²) in [5.74, 6) is 2.31. The quantitative estimate of drug-likeness (QED) is 0.835. The van der Waals surface area contributed by atoms with Crippen LogP contribution >= 0.6 is 33.9 Å². The minimum atomic E-state index is 0.620. The van der Waals surface area contributed by atoms with Crippen LogP contribution in [-0.4, -0.2) is 21.5 Å². The van der Waals surface area contributed by atoms with Crippen LogP contribution in [0.5, 0.6) is 0 Å². The average Bonchev–Trinajstić information content (AvgIpc) is 3.06. The summed E-state index contributed by atoms with van der Waals surface area (Å²) in [7, 11) is 0. The molecule has 2 aromatic rings. The third-order valence-electron chi connectivity index (χ3n) is 2.85. The Morgan fingerprint density at radius 1 is 1.44 bits per heavy atom. The summed E-state index contributed by atoms with van der Waals surface area (Å²) in [5, 5.41) is 5.31. The van der Waals surface area contributed by atoms with Crippen molar-refractivity contribution in [3.05, 3.63) is 20.2 Å². The zero-order valence-electron chi connectivity index (χ0n) is 9.98. The van der Waals surface area contributed by atoms with Gasteiger partial charge >= 0.3 is 0 Å². The molecule has 1 fully saturated rings. The summed E-state index contributed by atoms with van der Waals surface area (Å²) < 4.78 is 1.16. The molecule has 4 nitrogen and oxygen atoms in total. The van der Waals surface area contributed by atoms with Crippen molar-refractivity contribution < 1.29 is 0 Å². The van der Waals surface area contributed by atoms with E-state index in [1.807, 2.05) is 10.9 Å². The summed E-state index contributed by atoms with van der Waals surface area (Å²) in [6, 6.07) is 0. The molecule has 0 radical (unpaired) electrons. The van der Waals surface area contributed by atoms with E-state index in [0.29, 0.717) is 5.92 Å². The standard InChI is InChI=1S/C12H13IN4S/c1-2-14-12-9(13)10(7-3-4-7)16-11(17-12)8-5-18-6-15-8/h5-7H,2-4H2,1H3,(H,14,16,17). The van der Waals surface area contributed by atoms with E-state index < -0.39 is 0 Å². The van der Waals surface area contributed by atoms with Crippen molar-refractivity contribution in [1.82, 2.24) is 15.0 Å². The average molecular weight is 372 g/mol. The first kappa shape index (κ1) is 12.3. The van der Waals surface area contributed by atoms with Gasteiger partial charge in [-0.3, -0.25) is 0 Å². The number of rotatable bonds is 4. The normalized spacial score (nSPS) is 14.8. The Morgan fingerprint density at radius 2 is 2.28 bits per heavy atom. The summed E-state index contributed by atoms with van der Waals surface area (Å²) in [6.07, 6.45) is 2.49. The molecule has 6 heteroatoms. The van der Waals surface area contributed by atoms with Crippen molar-refractivity contribution in [3.63, 3.8) is 0 Å².